The lowest BCUT2D eigenvalue weighted by Gasteiger charge is -2.26. The third-order valence-corrected chi connectivity index (χ3v) is 5.13. The second-order valence-corrected chi connectivity index (χ2v) is 6.75. The molecule has 0 bridgehead atoms. The number of hydrogen-bond donors (Lipinski definition) is 1. The molecule has 27 heavy (non-hydrogen) atoms. The number of urea groups is 1. The van der Waals surface area contributed by atoms with Gasteiger partial charge in [0.25, 0.3) is 0 Å². The zero-order chi connectivity index (χ0) is 19.4. The van der Waals surface area contributed by atoms with Gasteiger partial charge in [0.2, 0.25) is 5.91 Å². The van der Waals surface area contributed by atoms with Gasteiger partial charge in [0.15, 0.2) is 0 Å². The minimum absolute atomic E-state index is 0.174. The van der Waals surface area contributed by atoms with Crippen molar-refractivity contribution in [3.63, 3.8) is 0 Å². The summed E-state index contributed by atoms with van der Waals surface area (Å²) in [6.45, 7) is 6.60. The van der Waals surface area contributed by atoms with Crippen LogP contribution in [0, 0.1) is 5.92 Å². The Morgan fingerprint density at radius 2 is 2.07 bits per heavy atom. The van der Waals surface area contributed by atoms with Crippen molar-refractivity contribution >= 4 is 18.0 Å². The number of fused-ring (bicyclic) bond motifs is 1. The summed E-state index contributed by atoms with van der Waals surface area (Å²) in [5, 5.41) is 2.69. The van der Waals surface area contributed by atoms with Gasteiger partial charge >= 0.3 is 12.1 Å². The summed E-state index contributed by atoms with van der Waals surface area (Å²) in [6.07, 6.45) is 2.18. The van der Waals surface area contributed by atoms with Crippen LogP contribution in [0.3, 0.4) is 0 Å². The van der Waals surface area contributed by atoms with Gasteiger partial charge in [0.05, 0.1) is 18.0 Å². The van der Waals surface area contributed by atoms with Crippen LogP contribution in [-0.4, -0.2) is 53.0 Å². The lowest BCUT2D eigenvalue weighted by Crippen LogP contribution is -2.46. The molecule has 3 atom stereocenters. The maximum absolute atomic E-state index is 12.8. The highest BCUT2D eigenvalue weighted by Crippen LogP contribution is 2.38. The molecule has 0 aliphatic carbocycles. The Hall–Kier alpha value is -2.83. The van der Waals surface area contributed by atoms with Crippen molar-refractivity contribution in [2.24, 2.45) is 5.92 Å². The van der Waals surface area contributed by atoms with Crippen LogP contribution in [0.25, 0.3) is 0 Å². The van der Waals surface area contributed by atoms with Gasteiger partial charge < -0.3 is 15.0 Å². The molecule has 2 saturated heterocycles. The fourth-order valence-electron chi connectivity index (χ4n) is 3.98. The van der Waals surface area contributed by atoms with Crippen LogP contribution in [-0.2, 0) is 16.1 Å². The Labute approximate surface area is 159 Å². The smallest absolute Gasteiger partial charge is 0.410 e. The molecule has 2 aliphatic heterocycles. The minimum atomic E-state index is -0.470. The summed E-state index contributed by atoms with van der Waals surface area (Å²) in [5.74, 6) is -0.724. The lowest BCUT2D eigenvalue weighted by atomic mass is 9.96. The maximum Gasteiger partial charge on any atom is 0.410 e. The third-order valence-electron chi connectivity index (χ3n) is 5.13. The first-order chi connectivity index (χ1) is 13.1. The van der Waals surface area contributed by atoms with E-state index in [1.807, 2.05) is 30.3 Å². The molecule has 2 heterocycles. The predicted molar refractivity (Wildman–Crippen MR) is 99.7 cm³/mol. The molecular formula is C20H25N3O4. The SMILES string of the molecule is C=CC[C@H]1C(=O)N(C(=O)NCC)[C@H]2CCN(C(=O)OCc3ccccc3)[C@H]12. The predicted octanol–water partition coefficient (Wildman–Crippen LogP) is 2.53. The number of hydrogen-bond acceptors (Lipinski definition) is 4. The number of rotatable bonds is 5. The van der Waals surface area contributed by atoms with E-state index in [1.54, 1.807) is 17.9 Å². The summed E-state index contributed by atoms with van der Waals surface area (Å²) in [4.78, 5) is 40.7. The Morgan fingerprint density at radius 3 is 2.74 bits per heavy atom. The summed E-state index contributed by atoms with van der Waals surface area (Å²) in [6, 6.07) is 8.34. The monoisotopic (exact) mass is 371 g/mol. The average molecular weight is 371 g/mol. The van der Waals surface area contributed by atoms with Crippen LogP contribution in [0.1, 0.15) is 25.3 Å². The van der Waals surface area contributed by atoms with Gasteiger partial charge in [-0.15, -0.1) is 6.58 Å². The summed E-state index contributed by atoms with van der Waals surface area (Å²) < 4.78 is 5.46. The molecule has 0 spiro atoms. The Balaban J connectivity index is 1.74. The van der Waals surface area contributed by atoms with E-state index in [1.165, 1.54) is 4.90 Å². The molecule has 1 N–H and O–H groups in total. The summed E-state index contributed by atoms with van der Waals surface area (Å²) in [5.41, 5.74) is 0.899. The molecule has 4 amide bonds. The highest BCUT2D eigenvalue weighted by atomic mass is 16.6. The van der Waals surface area contributed by atoms with Crippen LogP contribution in [0.4, 0.5) is 9.59 Å². The number of ether oxygens (including phenoxy) is 1. The van der Waals surface area contributed by atoms with E-state index in [2.05, 4.69) is 11.9 Å². The zero-order valence-electron chi connectivity index (χ0n) is 15.5. The molecule has 0 aromatic heterocycles. The van der Waals surface area contributed by atoms with Gasteiger partial charge in [-0.1, -0.05) is 36.4 Å². The van der Waals surface area contributed by atoms with E-state index < -0.39 is 18.0 Å². The Morgan fingerprint density at radius 1 is 1.33 bits per heavy atom. The molecule has 0 saturated carbocycles. The van der Waals surface area contributed by atoms with Crippen molar-refractivity contribution in [3.05, 3.63) is 48.6 Å². The van der Waals surface area contributed by atoms with Gasteiger partial charge in [0.1, 0.15) is 6.61 Å². The number of likely N-dealkylation sites (tertiary alicyclic amines) is 2. The van der Waals surface area contributed by atoms with Gasteiger partial charge in [-0.3, -0.25) is 9.69 Å². The molecule has 0 unspecified atom stereocenters. The lowest BCUT2D eigenvalue weighted by molar-refractivity contribution is -0.129. The molecule has 0 radical (unpaired) electrons. The number of carbonyl (C=O) groups excluding carboxylic acids is 3. The van der Waals surface area contributed by atoms with Crippen LogP contribution in [0.2, 0.25) is 0 Å². The minimum Gasteiger partial charge on any atom is -0.445 e. The second-order valence-electron chi connectivity index (χ2n) is 6.75. The quantitative estimate of drug-likeness (QED) is 0.807. The van der Waals surface area contributed by atoms with Crippen LogP contribution in [0.5, 0.6) is 0 Å². The van der Waals surface area contributed by atoms with E-state index in [0.717, 1.165) is 5.56 Å². The van der Waals surface area contributed by atoms with Gasteiger partial charge in [-0.05, 0) is 25.3 Å². The highest BCUT2D eigenvalue weighted by molar-refractivity contribution is 5.99. The van der Waals surface area contributed by atoms with Crippen molar-refractivity contribution in [1.82, 2.24) is 15.1 Å². The topological polar surface area (TPSA) is 79.0 Å². The highest BCUT2D eigenvalue weighted by Gasteiger charge is 2.56. The molecule has 144 valence electrons. The number of nitrogens with one attached hydrogen (secondary N) is 1. The molecule has 1 aromatic rings. The molecular weight excluding hydrogens is 346 g/mol. The first-order valence-corrected chi connectivity index (χ1v) is 9.27. The molecule has 7 heteroatoms. The zero-order valence-corrected chi connectivity index (χ0v) is 15.5. The van der Waals surface area contributed by atoms with E-state index in [4.69, 9.17) is 4.74 Å². The fourth-order valence-corrected chi connectivity index (χ4v) is 3.98. The second kappa shape index (κ2) is 8.24. The Kier molecular flexibility index (Phi) is 5.78. The number of carbonyl (C=O) groups is 3. The number of nitrogens with zero attached hydrogens (tertiary/aromatic N) is 2. The number of benzene rings is 1. The third kappa shape index (κ3) is 3.67. The molecule has 1 aromatic carbocycles. The summed E-state index contributed by atoms with van der Waals surface area (Å²) in [7, 11) is 0. The average Bonchev–Trinajstić information content (AvgIpc) is 3.20. The van der Waals surface area contributed by atoms with Crippen molar-refractivity contribution < 1.29 is 19.1 Å². The molecule has 7 nitrogen and oxygen atoms in total. The van der Waals surface area contributed by atoms with Crippen LogP contribution in [0.15, 0.2) is 43.0 Å². The fraction of sp³-hybridized carbons (Fsp3) is 0.450. The molecule has 3 rings (SSSR count). The van der Waals surface area contributed by atoms with E-state index in [0.29, 0.717) is 25.9 Å². The van der Waals surface area contributed by atoms with Crippen molar-refractivity contribution in [2.45, 2.75) is 38.5 Å². The summed E-state index contributed by atoms with van der Waals surface area (Å²) >= 11 is 0. The van der Waals surface area contributed by atoms with Crippen molar-refractivity contribution in [2.75, 3.05) is 13.1 Å². The number of amides is 4. The molecule has 2 fully saturated rings. The van der Waals surface area contributed by atoms with Crippen molar-refractivity contribution in [1.29, 1.82) is 0 Å². The largest absolute Gasteiger partial charge is 0.445 e. The number of imide groups is 1. The van der Waals surface area contributed by atoms with E-state index in [9.17, 15) is 14.4 Å². The van der Waals surface area contributed by atoms with Gasteiger partial charge in [0, 0.05) is 13.1 Å². The van der Waals surface area contributed by atoms with Crippen LogP contribution < -0.4 is 5.32 Å². The normalized spacial score (nSPS) is 23.9. The van der Waals surface area contributed by atoms with Crippen molar-refractivity contribution in [3.8, 4) is 0 Å². The van der Waals surface area contributed by atoms with Gasteiger partial charge in [-0.25, -0.2) is 9.59 Å². The van der Waals surface area contributed by atoms with Gasteiger partial charge in [-0.2, -0.15) is 0 Å². The first kappa shape index (κ1) is 18.9. The van der Waals surface area contributed by atoms with E-state index >= 15 is 0 Å². The first-order valence-electron chi connectivity index (χ1n) is 9.27. The van der Waals surface area contributed by atoms with Crippen LogP contribution >= 0.6 is 0 Å². The number of allylic oxidation sites excluding steroid dienone is 1. The molecule has 2 aliphatic rings. The standard InChI is InChI=1S/C20H25N3O4/c1-3-8-15-17-16(23(18(15)24)19(25)21-4-2)11-12-22(17)20(26)27-13-14-9-6-5-7-10-14/h3,5-7,9-10,15-17H,1,4,8,11-13H2,2H3,(H,21,25)/t15-,16+,17-/m1/s1. The van der Waals surface area contributed by atoms with E-state index in [-0.39, 0.29) is 24.6 Å². The Bertz CT molecular complexity index is 721. The maximum atomic E-state index is 12.8.